The lowest BCUT2D eigenvalue weighted by Gasteiger charge is -2.13. The predicted octanol–water partition coefficient (Wildman–Crippen LogP) is 3.34. The number of aliphatic imine (C=N–C) groups is 1. The second-order valence-corrected chi connectivity index (χ2v) is 6.21. The van der Waals surface area contributed by atoms with Crippen molar-refractivity contribution in [3.8, 4) is 11.5 Å². The van der Waals surface area contributed by atoms with Gasteiger partial charge in [-0.3, -0.25) is 4.79 Å². The van der Waals surface area contributed by atoms with Crippen molar-refractivity contribution in [3.05, 3.63) is 53.1 Å². The first-order chi connectivity index (χ1) is 13.9. The van der Waals surface area contributed by atoms with Gasteiger partial charge in [-0.15, -0.1) is 0 Å². The van der Waals surface area contributed by atoms with Crippen LogP contribution in [-0.2, 0) is 11.3 Å². The summed E-state index contributed by atoms with van der Waals surface area (Å²) in [6.07, 6.45) is 0. The van der Waals surface area contributed by atoms with E-state index in [4.69, 9.17) is 11.6 Å². The number of aromatic hydroxyl groups is 1. The van der Waals surface area contributed by atoms with Crippen LogP contribution in [0.25, 0.3) is 0 Å². The van der Waals surface area contributed by atoms with Crippen LogP contribution in [-0.4, -0.2) is 36.7 Å². The number of phenolic OH excluding ortho intramolecular Hbond substituents is 1. The fourth-order valence-electron chi connectivity index (χ4n) is 2.30. The quantitative estimate of drug-likeness (QED) is 0.295. The number of ether oxygens (including phenoxy) is 1. The highest BCUT2D eigenvalue weighted by atomic mass is 35.5. The normalized spacial score (nSPS) is 11.3. The Morgan fingerprint density at radius 3 is 2.59 bits per heavy atom. The van der Waals surface area contributed by atoms with Crippen LogP contribution in [0.1, 0.15) is 12.5 Å². The summed E-state index contributed by atoms with van der Waals surface area (Å²) in [5.41, 5.74) is 0.910. The fourth-order valence-corrected chi connectivity index (χ4v) is 2.50. The van der Waals surface area contributed by atoms with Crippen LogP contribution in [0.3, 0.4) is 0 Å². The van der Waals surface area contributed by atoms with Crippen LogP contribution in [0.4, 0.5) is 14.5 Å². The highest BCUT2D eigenvalue weighted by Crippen LogP contribution is 2.25. The summed E-state index contributed by atoms with van der Waals surface area (Å²) in [5, 5.41) is 18.1. The van der Waals surface area contributed by atoms with Gasteiger partial charge in [0.2, 0.25) is 5.91 Å². The number of alkyl halides is 2. The van der Waals surface area contributed by atoms with Gasteiger partial charge in [-0.1, -0.05) is 11.6 Å². The Bertz CT molecular complexity index is 848. The molecule has 0 atom stereocenters. The molecule has 0 fully saturated rings. The lowest BCUT2D eigenvalue weighted by atomic mass is 10.2. The average molecular weight is 427 g/mol. The topological polar surface area (TPSA) is 95.0 Å². The summed E-state index contributed by atoms with van der Waals surface area (Å²) < 4.78 is 29.6. The van der Waals surface area contributed by atoms with Gasteiger partial charge in [0.05, 0.1) is 13.1 Å². The molecule has 2 aromatic rings. The molecular weight excluding hydrogens is 406 g/mol. The van der Waals surface area contributed by atoms with Gasteiger partial charge in [-0.2, -0.15) is 8.78 Å². The molecule has 2 rings (SSSR count). The SMILES string of the molecule is CCNC(=NCc1cc(Cl)ccc1OC(F)F)NCC(=O)Nc1ccc(O)cc1. The number of nitrogens with zero attached hydrogens (tertiary/aromatic N) is 1. The smallest absolute Gasteiger partial charge is 0.387 e. The number of nitrogens with one attached hydrogen (secondary N) is 3. The Kier molecular flexibility index (Phi) is 8.47. The molecule has 0 aliphatic heterocycles. The summed E-state index contributed by atoms with van der Waals surface area (Å²) in [6.45, 7) is -0.658. The predicted molar refractivity (Wildman–Crippen MR) is 108 cm³/mol. The molecule has 2 aromatic carbocycles. The van der Waals surface area contributed by atoms with E-state index < -0.39 is 6.61 Å². The van der Waals surface area contributed by atoms with Gasteiger partial charge in [0.1, 0.15) is 11.5 Å². The lowest BCUT2D eigenvalue weighted by Crippen LogP contribution is -2.41. The number of anilines is 1. The van der Waals surface area contributed by atoms with Crippen LogP contribution < -0.4 is 20.7 Å². The van der Waals surface area contributed by atoms with Crippen LogP contribution in [0.15, 0.2) is 47.5 Å². The lowest BCUT2D eigenvalue weighted by molar-refractivity contribution is -0.115. The zero-order valence-corrected chi connectivity index (χ0v) is 16.3. The molecule has 0 aliphatic rings. The van der Waals surface area contributed by atoms with Crippen molar-refractivity contribution in [2.45, 2.75) is 20.1 Å². The zero-order valence-electron chi connectivity index (χ0n) is 15.6. The van der Waals surface area contributed by atoms with E-state index in [0.717, 1.165) is 0 Å². The van der Waals surface area contributed by atoms with E-state index in [2.05, 4.69) is 25.7 Å². The molecule has 0 heterocycles. The van der Waals surface area contributed by atoms with Gasteiger partial charge in [-0.05, 0) is 49.4 Å². The van der Waals surface area contributed by atoms with E-state index in [1.165, 1.54) is 30.3 Å². The Morgan fingerprint density at radius 1 is 1.21 bits per heavy atom. The van der Waals surface area contributed by atoms with Crippen LogP contribution >= 0.6 is 11.6 Å². The summed E-state index contributed by atoms with van der Waals surface area (Å²) in [7, 11) is 0. The van der Waals surface area contributed by atoms with Crippen molar-refractivity contribution in [1.29, 1.82) is 0 Å². The summed E-state index contributed by atoms with van der Waals surface area (Å²) in [5.74, 6) is 0.0649. The molecule has 4 N–H and O–H groups in total. The van der Waals surface area contributed by atoms with Crippen LogP contribution in [0.5, 0.6) is 11.5 Å². The highest BCUT2D eigenvalue weighted by molar-refractivity contribution is 6.30. The number of halogens is 3. The number of guanidine groups is 1. The van der Waals surface area contributed by atoms with E-state index in [-0.39, 0.29) is 30.5 Å². The Morgan fingerprint density at radius 2 is 1.93 bits per heavy atom. The van der Waals surface area contributed by atoms with Gasteiger partial charge in [-0.25, -0.2) is 4.99 Å². The van der Waals surface area contributed by atoms with Gasteiger partial charge in [0.15, 0.2) is 5.96 Å². The summed E-state index contributed by atoms with van der Waals surface area (Å²) >= 11 is 5.93. The van der Waals surface area contributed by atoms with Crippen LogP contribution in [0, 0.1) is 0 Å². The fraction of sp³-hybridized carbons (Fsp3) is 0.263. The standard InChI is InChI=1S/C19H21ClF2N4O3/c1-2-23-19(25-11-17(28)26-14-4-6-15(27)7-5-14)24-10-12-9-13(20)3-8-16(12)29-18(21)22/h3-9,18,27H,2,10-11H2,1H3,(H,26,28)(H2,23,24,25). The van der Waals surface area contributed by atoms with E-state index in [1.807, 2.05) is 6.92 Å². The molecule has 10 heteroatoms. The number of rotatable bonds is 8. The number of hydrogen-bond donors (Lipinski definition) is 4. The Hall–Kier alpha value is -3.07. The summed E-state index contributed by atoms with van der Waals surface area (Å²) in [4.78, 5) is 16.3. The minimum Gasteiger partial charge on any atom is -0.508 e. The molecule has 0 spiro atoms. The largest absolute Gasteiger partial charge is 0.508 e. The molecular formula is C19H21ClF2N4O3. The molecule has 0 aliphatic carbocycles. The molecule has 0 saturated heterocycles. The van der Waals surface area contributed by atoms with Crippen molar-refractivity contribution in [1.82, 2.24) is 10.6 Å². The van der Waals surface area contributed by atoms with Gasteiger partial charge in [0.25, 0.3) is 0 Å². The monoisotopic (exact) mass is 426 g/mol. The second-order valence-electron chi connectivity index (χ2n) is 5.77. The maximum atomic E-state index is 12.6. The molecule has 0 bridgehead atoms. The molecule has 29 heavy (non-hydrogen) atoms. The molecule has 0 aromatic heterocycles. The Balaban J connectivity index is 1.99. The number of carbonyl (C=O) groups is 1. The highest BCUT2D eigenvalue weighted by Gasteiger charge is 2.11. The van der Waals surface area contributed by atoms with Gasteiger partial charge in [0, 0.05) is 22.8 Å². The maximum Gasteiger partial charge on any atom is 0.387 e. The molecule has 1 amide bonds. The van der Waals surface area contributed by atoms with Crippen molar-refractivity contribution < 1.29 is 23.4 Å². The first kappa shape index (κ1) is 22.2. The van der Waals surface area contributed by atoms with E-state index in [1.54, 1.807) is 12.1 Å². The molecule has 0 saturated carbocycles. The van der Waals surface area contributed by atoms with E-state index >= 15 is 0 Å². The van der Waals surface area contributed by atoms with E-state index in [9.17, 15) is 18.7 Å². The summed E-state index contributed by atoms with van der Waals surface area (Å²) in [6, 6.07) is 10.3. The van der Waals surface area contributed by atoms with E-state index in [0.29, 0.717) is 28.8 Å². The number of phenols is 1. The minimum absolute atomic E-state index is 0.0114. The number of hydrogen-bond acceptors (Lipinski definition) is 4. The molecule has 7 nitrogen and oxygen atoms in total. The van der Waals surface area contributed by atoms with Crippen LogP contribution in [0.2, 0.25) is 5.02 Å². The number of carbonyl (C=O) groups excluding carboxylic acids is 1. The third-order valence-electron chi connectivity index (χ3n) is 3.56. The Labute approximate surface area is 171 Å². The first-order valence-electron chi connectivity index (χ1n) is 8.71. The zero-order chi connectivity index (χ0) is 21.2. The minimum atomic E-state index is -2.96. The average Bonchev–Trinajstić information content (AvgIpc) is 2.67. The number of amides is 1. The molecule has 156 valence electrons. The maximum absolute atomic E-state index is 12.6. The van der Waals surface area contributed by atoms with Gasteiger partial charge < -0.3 is 25.8 Å². The van der Waals surface area contributed by atoms with Crippen molar-refractivity contribution in [2.75, 3.05) is 18.4 Å². The third kappa shape index (κ3) is 7.82. The van der Waals surface area contributed by atoms with Crippen molar-refractivity contribution in [2.24, 2.45) is 4.99 Å². The van der Waals surface area contributed by atoms with Crippen molar-refractivity contribution >= 4 is 29.2 Å². The first-order valence-corrected chi connectivity index (χ1v) is 9.09. The number of benzene rings is 2. The van der Waals surface area contributed by atoms with Gasteiger partial charge >= 0.3 is 6.61 Å². The third-order valence-corrected chi connectivity index (χ3v) is 3.79. The van der Waals surface area contributed by atoms with Crippen molar-refractivity contribution in [3.63, 3.8) is 0 Å². The molecule has 0 unspecified atom stereocenters. The second kappa shape index (κ2) is 11.1. The molecule has 0 radical (unpaired) electrons.